The second kappa shape index (κ2) is 7.49. The number of benzene rings is 3. The van der Waals surface area contributed by atoms with Gasteiger partial charge in [0.1, 0.15) is 13.7 Å². The number of rotatable bonds is 3. The Kier molecular flexibility index (Phi) is 4.92. The van der Waals surface area contributed by atoms with E-state index in [1.807, 2.05) is 36.4 Å². The molecule has 1 saturated carbocycles. The Labute approximate surface area is 156 Å². The summed E-state index contributed by atoms with van der Waals surface area (Å²) in [7, 11) is 5.73. The van der Waals surface area contributed by atoms with Crippen LogP contribution in [0.2, 0.25) is 0 Å². The number of hydrogen-bond donors (Lipinski definition) is 0. The highest BCUT2D eigenvalue weighted by Gasteiger charge is 2.15. The third kappa shape index (κ3) is 3.60. The minimum atomic E-state index is -0.190. The average Bonchev–Trinajstić information content (AvgIpc) is 2.69. The van der Waals surface area contributed by atoms with Crippen molar-refractivity contribution in [2.75, 3.05) is 0 Å². The molecule has 0 nitrogen and oxygen atoms in total. The molecule has 0 saturated heterocycles. The van der Waals surface area contributed by atoms with Crippen LogP contribution in [0.25, 0.3) is 22.3 Å². The molecule has 1 aliphatic carbocycles. The lowest BCUT2D eigenvalue weighted by Gasteiger charge is -2.22. The second-order valence-electron chi connectivity index (χ2n) is 7.27. The topological polar surface area (TPSA) is 0 Å². The summed E-state index contributed by atoms with van der Waals surface area (Å²) in [5.74, 6) is 0.486. The van der Waals surface area contributed by atoms with E-state index in [2.05, 4.69) is 24.3 Å². The Morgan fingerprint density at radius 2 is 1.31 bits per heavy atom. The molecule has 0 aliphatic heterocycles. The third-order valence-electron chi connectivity index (χ3n) is 5.51. The van der Waals surface area contributed by atoms with Gasteiger partial charge in [-0.3, -0.25) is 0 Å². The molecule has 1 aliphatic rings. The molecule has 3 aromatic rings. The lowest BCUT2D eigenvalue weighted by Crippen LogP contribution is -2.04. The van der Waals surface area contributed by atoms with Crippen LogP contribution in [0.3, 0.4) is 0 Å². The van der Waals surface area contributed by atoms with Crippen molar-refractivity contribution in [3.8, 4) is 22.3 Å². The summed E-state index contributed by atoms with van der Waals surface area (Å²) in [6.07, 6.45) is 6.58. The average molecular weight is 340 g/mol. The quantitative estimate of drug-likeness (QED) is 0.513. The highest BCUT2D eigenvalue weighted by Crippen LogP contribution is 2.34. The first-order valence-electron chi connectivity index (χ1n) is 9.46. The molecule has 0 bridgehead atoms. The van der Waals surface area contributed by atoms with E-state index < -0.39 is 0 Å². The standard InChI is InChI=1S/C24H22BF/c25-22-13-10-19(11-14-22)21-12-15-23(24(26)16-21)20-8-6-18(7-9-20)17-4-2-1-3-5-17/h6-17H,1-5H2. The maximum Gasteiger partial charge on any atom is 0.131 e. The zero-order chi connectivity index (χ0) is 17.9. The molecule has 4 rings (SSSR count). The maximum atomic E-state index is 14.7. The zero-order valence-electron chi connectivity index (χ0n) is 14.9. The van der Waals surface area contributed by atoms with Crippen molar-refractivity contribution in [2.24, 2.45) is 0 Å². The fourth-order valence-corrected chi connectivity index (χ4v) is 3.98. The van der Waals surface area contributed by atoms with E-state index in [0.29, 0.717) is 16.9 Å². The van der Waals surface area contributed by atoms with Gasteiger partial charge in [-0.1, -0.05) is 85.4 Å². The molecule has 0 heterocycles. The molecule has 0 amide bonds. The Bertz CT molecular complexity index is 875. The van der Waals surface area contributed by atoms with E-state index in [1.54, 1.807) is 6.07 Å². The van der Waals surface area contributed by atoms with Gasteiger partial charge in [-0.25, -0.2) is 4.39 Å². The Morgan fingerprint density at radius 3 is 1.96 bits per heavy atom. The van der Waals surface area contributed by atoms with Crippen LogP contribution in [0, 0.1) is 5.82 Å². The number of halogens is 1. The third-order valence-corrected chi connectivity index (χ3v) is 5.51. The van der Waals surface area contributed by atoms with E-state index in [0.717, 1.165) is 16.7 Å². The van der Waals surface area contributed by atoms with Crippen molar-refractivity contribution in [1.29, 1.82) is 0 Å². The summed E-state index contributed by atoms with van der Waals surface area (Å²) in [4.78, 5) is 0. The Morgan fingerprint density at radius 1 is 0.692 bits per heavy atom. The second-order valence-corrected chi connectivity index (χ2v) is 7.27. The predicted molar refractivity (Wildman–Crippen MR) is 108 cm³/mol. The summed E-state index contributed by atoms with van der Waals surface area (Å²) in [5, 5.41) is 0. The van der Waals surface area contributed by atoms with E-state index in [9.17, 15) is 4.39 Å². The first kappa shape index (κ1) is 17.1. The summed E-state index contributed by atoms with van der Waals surface area (Å²) in [6, 6.07) is 21.4. The minimum absolute atomic E-state index is 0.190. The van der Waals surface area contributed by atoms with Crippen LogP contribution in [-0.4, -0.2) is 7.85 Å². The van der Waals surface area contributed by atoms with Crippen LogP contribution in [0.1, 0.15) is 43.6 Å². The fourth-order valence-electron chi connectivity index (χ4n) is 3.98. The first-order valence-corrected chi connectivity index (χ1v) is 9.46. The van der Waals surface area contributed by atoms with Gasteiger partial charge in [0.15, 0.2) is 0 Å². The van der Waals surface area contributed by atoms with E-state index in [1.165, 1.54) is 37.7 Å². The van der Waals surface area contributed by atoms with Gasteiger partial charge in [0.25, 0.3) is 0 Å². The molecule has 0 N–H and O–H groups in total. The highest BCUT2D eigenvalue weighted by atomic mass is 19.1. The number of hydrogen-bond acceptors (Lipinski definition) is 0. The first-order chi connectivity index (χ1) is 12.7. The van der Waals surface area contributed by atoms with Crippen molar-refractivity contribution in [1.82, 2.24) is 0 Å². The lowest BCUT2D eigenvalue weighted by molar-refractivity contribution is 0.443. The maximum absolute atomic E-state index is 14.7. The zero-order valence-corrected chi connectivity index (χ0v) is 14.9. The summed E-state index contributed by atoms with van der Waals surface area (Å²) >= 11 is 0. The van der Waals surface area contributed by atoms with Crippen molar-refractivity contribution in [2.45, 2.75) is 38.0 Å². The van der Waals surface area contributed by atoms with Gasteiger partial charge >= 0.3 is 0 Å². The summed E-state index contributed by atoms with van der Waals surface area (Å²) in [6.45, 7) is 0. The fraction of sp³-hybridized carbons (Fsp3) is 0.250. The van der Waals surface area contributed by atoms with Gasteiger partial charge in [-0.2, -0.15) is 0 Å². The van der Waals surface area contributed by atoms with E-state index >= 15 is 0 Å². The highest BCUT2D eigenvalue weighted by molar-refractivity contribution is 6.32. The van der Waals surface area contributed by atoms with Crippen LogP contribution in [0.5, 0.6) is 0 Å². The van der Waals surface area contributed by atoms with Gasteiger partial charge in [-0.15, -0.1) is 0 Å². The molecule has 0 unspecified atom stereocenters. The normalized spacial score (nSPS) is 15.1. The molecular weight excluding hydrogens is 318 g/mol. The Balaban J connectivity index is 1.58. The van der Waals surface area contributed by atoms with Crippen molar-refractivity contribution in [3.05, 3.63) is 78.1 Å². The van der Waals surface area contributed by atoms with Crippen LogP contribution >= 0.6 is 0 Å². The van der Waals surface area contributed by atoms with Crippen LogP contribution < -0.4 is 5.46 Å². The summed E-state index contributed by atoms with van der Waals surface area (Å²) < 4.78 is 14.7. The van der Waals surface area contributed by atoms with Crippen LogP contribution in [0.4, 0.5) is 4.39 Å². The smallest absolute Gasteiger partial charge is 0.131 e. The molecular formula is C24H22BF. The van der Waals surface area contributed by atoms with Gasteiger partial charge in [0.2, 0.25) is 0 Å². The molecule has 128 valence electrons. The van der Waals surface area contributed by atoms with E-state index in [-0.39, 0.29) is 5.82 Å². The Hall–Kier alpha value is -2.35. The summed E-state index contributed by atoms with van der Waals surface area (Å²) in [5.41, 5.74) is 5.53. The van der Waals surface area contributed by atoms with Gasteiger partial charge in [0, 0.05) is 5.56 Å². The molecule has 3 aromatic carbocycles. The SMILES string of the molecule is [B]c1ccc(-c2ccc(-c3ccc(C4CCCCC4)cc3)c(F)c2)cc1. The van der Waals surface area contributed by atoms with Gasteiger partial charge < -0.3 is 0 Å². The van der Waals surface area contributed by atoms with Gasteiger partial charge in [0.05, 0.1) is 0 Å². The molecule has 0 aromatic heterocycles. The molecule has 26 heavy (non-hydrogen) atoms. The molecule has 0 spiro atoms. The van der Waals surface area contributed by atoms with E-state index in [4.69, 9.17) is 7.85 Å². The lowest BCUT2D eigenvalue weighted by atomic mass is 9.83. The van der Waals surface area contributed by atoms with Crippen LogP contribution in [-0.2, 0) is 0 Å². The van der Waals surface area contributed by atoms with Crippen LogP contribution in [0.15, 0.2) is 66.7 Å². The van der Waals surface area contributed by atoms with Crippen molar-refractivity contribution in [3.63, 3.8) is 0 Å². The molecule has 2 radical (unpaired) electrons. The minimum Gasteiger partial charge on any atom is -0.206 e. The monoisotopic (exact) mass is 340 g/mol. The molecule has 1 fully saturated rings. The predicted octanol–water partition coefficient (Wildman–Crippen LogP) is 6.00. The largest absolute Gasteiger partial charge is 0.206 e. The van der Waals surface area contributed by atoms with Crippen molar-refractivity contribution < 1.29 is 4.39 Å². The van der Waals surface area contributed by atoms with Crippen molar-refractivity contribution >= 4 is 13.3 Å². The molecule has 0 atom stereocenters. The van der Waals surface area contributed by atoms with Gasteiger partial charge in [-0.05, 0) is 47.1 Å². The molecule has 2 heteroatoms.